The fourth-order valence-electron chi connectivity index (χ4n) is 3.77. The van der Waals surface area contributed by atoms with Gasteiger partial charge in [0.25, 0.3) is 0 Å². The van der Waals surface area contributed by atoms with Crippen LogP contribution in [0.4, 0.5) is 5.95 Å². The Bertz CT molecular complexity index is 1180. The van der Waals surface area contributed by atoms with Crippen LogP contribution in [0.5, 0.6) is 5.75 Å². The number of aryl methyl sites for hydroxylation is 2. The number of imidazole rings is 1. The number of hydrogen-bond donors (Lipinski definition) is 1. The molecule has 0 radical (unpaired) electrons. The fraction of sp³-hybridized carbons (Fsp3) is 0.346. The third-order valence-corrected chi connectivity index (χ3v) is 6.00. The van der Waals surface area contributed by atoms with Crippen LogP contribution in [-0.4, -0.2) is 59.7 Å². The predicted octanol–water partition coefficient (Wildman–Crippen LogP) is 3.74. The Morgan fingerprint density at radius 2 is 1.82 bits per heavy atom. The molecule has 0 saturated heterocycles. The van der Waals surface area contributed by atoms with E-state index in [4.69, 9.17) is 14.5 Å². The van der Waals surface area contributed by atoms with Crippen molar-refractivity contribution in [1.82, 2.24) is 14.5 Å². The zero-order valence-electron chi connectivity index (χ0n) is 20.0. The van der Waals surface area contributed by atoms with Gasteiger partial charge in [0.05, 0.1) is 12.8 Å². The first-order valence-corrected chi connectivity index (χ1v) is 11.3. The van der Waals surface area contributed by atoms with Crippen molar-refractivity contribution in [3.63, 3.8) is 0 Å². The Morgan fingerprint density at radius 1 is 1.09 bits per heavy atom. The second kappa shape index (κ2) is 10.1. The average molecular weight is 463 g/mol. The molecule has 4 rings (SSSR count). The number of nitrogens with one attached hydrogen (secondary N) is 1. The monoisotopic (exact) mass is 462 g/mol. The summed E-state index contributed by atoms with van der Waals surface area (Å²) in [5.74, 6) is 0.672. The van der Waals surface area contributed by atoms with E-state index in [0.29, 0.717) is 11.6 Å². The number of amides is 2. The summed E-state index contributed by atoms with van der Waals surface area (Å²) in [7, 11) is 3.10. The van der Waals surface area contributed by atoms with E-state index in [2.05, 4.69) is 18.3 Å². The summed E-state index contributed by atoms with van der Waals surface area (Å²) >= 11 is 0. The Kier molecular flexibility index (Phi) is 6.98. The van der Waals surface area contributed by atoms with Gasteiger partial charge < -0.3 is 14.4 Å². The van der Waals surface area contributed by atoms with E-state index in [1.165, 1.54) is 12.7 Å². The summed E-state index contributed by atoms with van der Waals surface area (Å²) in [4.78, 5) is 31.7. The molecule has 34 heavy (non-hydrogen) atoms. The maximum absolute atomic E-state index is 13.0. The largest absolute Gasteiger partial charge is 0.497 e. The summed E-state index contributed by atoms with van der Waals surface area (Å²) in [6, 6.07) is 13.8. The van der Waals surface area contributed by atoms with Crippen molar-refractivity contribution < 1.29 is 19.1 Å². The summed E-state index contributed by atoms with van der Waals surface area (Å²) in [5, 5.41) is 2.92. The van der Waals surface area contributed by atoms with E-state index in [0.717, 1.165) is 35.4 Å². The van der Waals surface area contributed by atoms with Crippen LogP contribution in [0.2, 0.25) is 0 Å². The van der Waals surface area contributed by atoms with Gasteiger partial charge in [-0.25, -0.2) is 4.98 Å². The van der Waals surface area contributed by atoms with Crippen LogP contribution < -0.4 is 10.1 Å². The first kappa shape index (κ1) is 23.5. The number of methoxy groups -OCH3 is 2. The smallest absolute Gasteiger partial charge is 0.249 e. The van der Waals surface area contributed by atoms with Gasteiger partial charge in [0.2, 0.25) is 17.8 Å². The molecule has 0 unspecified atom stereocenters. The van der Waals surface area contributed by atoms with Crippen molar-refractivity contribution in [2.75, 3.05) is 32.7 Å². The highest BCUT2D eigenvalue weighted by molar-refractivity contribution is 5.94. The van der Waals surface area contributed by atoms with E-state index >= 15 is 0 Å². The molecule has 1 saturated carbocycles. The van der Waals surface area contributed by atoms with Gasteiger partial charge in [-0.05, 0) is 74.2 Å². The van der Waals surface area contributed by atoms with Gasteiger partial charge >= 0.3 is 0 Å². The number of carbonyl (C=O) groups is 2. The van der Waals surface area contributed by atoms with Crippen LogP contribution in [0.25, 0.3) is 16.9 Å². The molecular formula is C26H30N4O4. The summed E-state index contributed by atoms with van der Waals surface area (Å²) in [5.41, 5.74) is 4.82. The molecule has 0 aliphatic heterocycles. The number of anilines is 1. The van der Waals surface area contributed by atoms with E-state index < -0.39 is 0 Å². The lowest BCUT2D eigenvalue weighted by molar-refractivity contribution is -0.138. The molecule has 2 aromatic carbocycles. The Balaban J connectivity index is 1.63. The molecule has 3 aromatic rings. The number of nitrogens with zero attached hydrogens (tertiary/aromatic N) is 3. The number of aromatic nitrogens is 2. The quantitative estimate of drug-likeness (QED) is 0.524. The van der Waals surface area contributed by atoms with E-state index in [1.807, 2.05) is 54.1 Å². The summed E-state index contributed by atoms with van der Waals surface area (Å²) in [6.45, 7) is 4.03. The van der Waals surface area contributed by atoms with Crippen molar-refractivity contribution in [1.29, 1.82) is 0 Å². The highest BCUT2D eigenvalue weighted by Gasteiger charge is 2.33. The van der Waals surface area contributed by atoms with Crippen LogP contribution in [0.1, 0.15) is 24.0 Å². The third kappa shape index (κ3) is 5.28. The van der Waals surface area contributed by atoms with E-state index in [1.54, 1.807) is 12.0 Å². The highest BCUT2D eigenvalue weighted by Crippen LogP contribution is 2.28. The summed E-state index contributed by atoms with van der Waals surface area (Å²) in [6.07, 6.45) is 3.71. The van der Waals surface area contributed by atoms with Gasteiger partial charge in [0, 0.05) is 30.6 Å². The van der Waals surface area contributed by atoms with Gasteiger partial charge in [-0.1, -0.05) is 6.07 Å². The molecule has 1 aromatic heterocycles. The fourth-order valence-corrected chi connectivity index (χ4v) is 3.77. The Hall–Kier alpha value is -3.65. The molecule has 1 aliphatic carbocycles. The van der Waals surface area contributed by atoms with E-state index in [9.17, 15) is 9.59 Å². The third-order valence-electron chi connectivity index (χ3n) is 6.00. The molecule has 2 amide bonds. The molecule has 8 heteroatoms. The normalized spacial score (nSPS) is 12.9. The number of benzene rings is 2. The predicted molar refractivity (Wildman–Crippen MR) is 130 cm³/mol. The minimum atomic E-state index is -0.298. The lowest BCUT2D eigenvalue weighted by Gasteiger charge is -2.21. The summed E-state index contributed by atoms with van der Waals surface area (Å²) < 4.78 is 12.1. The average Bonchev–Trinajstić information content (AvgIpc) is 3.59. The molecule has 1 aliphatic rings. The minimum Gasteiger partial charge on any atom is -0.497 e. The van der Waals surface area contributed by atoms with Crippen LogP contribution >= 0.6 is 0 Å². The number of hydrogen-bond acceptors (Lipinski definition) is 5. The SMILES string of the molecule is COCC(=O)N(CC(=O)Nc1nc(-c2ccc(OC)cc2)cn1-c1ccc(C)c(C)c1)C1CC1. The molecule has 0 bridgehead atoms. The topological polar surface area (TPSA) is 85.7 Å². The first-order valence-electron chi connectivity index (χ1n) is 11.3. The van der Waals surface area contributed by atoms with Crippen molar-refractivity contribution in [2.45, 2.75) is 32.7 Å². The molecule has 1 heterocycles. The molecule has 0 spiro atoms. The van der Waals surface area contributed by atoms with Crippen molar-refractivity contribution >= 4 is 17.8 Å². The maximum atomic E-state index is 13.0. The molecular weight excluding hydrogens is 432 g/mol. The molecule has 8 nitrogen and oxygen atoms in total. The molecule has 1 N–H and O–H groups in total. The number of ether oxygens (including phenoxy) is 2. The lowest BCUT2D eigenvalue weighted by atomic mass is 10.1. The Labute approximate surface area is 199 Å². The van der Waals surface area contributed by atoms with Crippen molar-refractivity contribution in [3.8, 4) is 22.7 Å². The van der Waals surface area contributed by atoms with Gasteiger partial charge in [0.15, 0.2) is 0 Å². The Morgan fingerprint density at radius 3 is 2.44 bits per heavy atom. The van der Waals surface area contributed by atoms with Gasteiger partial charge in [-0.2, -0.15) is 0 Å². The van der Waals surface area contributed by atoms with Gasteiger partial charge in [-0.3, -0.25) is 19.5 Å². The number of rotatable bonds is 9. The number of carbonyl (C=O) groups excluding carboxylic acids is 2. The molecule has 1 fully saturated rings. The van der Waals surface area contributed by atoms with Crippen molar-refractivity contribution in [2.24, 2.45) is 0 Å². The maximum Gasteiger partial charge on any atom is 0.249 e. The second-order valence-corrected chi connectivity index (χ2v) is 8.55. The molecule has 178 valence electrons. The minimum absolute atomic E-state index is 0.0372. The first-order chi connectivity index (χ1) is 16.4. The van der Waals surface area contributed by atoms with Crippen molar-refractivity contribution in [3.05, 3.63) is 59.8 Å². The second-order valence-electron chi connectivity index (χ2n) is 8.55. The van der Waals surface area contributed by atoms with Crippen LogP contribution in [0.15, 0.2) is 48.7 Å². The highest BCUT2D eigenvalue weighted by atomic mass is 16.5. The lowest BCUT2D eigenvalue weighted by Crippen LogP contribution is -2.41. The van der Waals surface area contributed by atoms with Gasteiger partial charge in [-0.15, -0.1) is 0 Å². The molecule has 0 atom stereocenters. The van der Waals surface area contributed by atoms with Crippen LogP contribution in [-0.2, 0) is 14.3 Å². The zero-order chi connectivity index (χ0) is 24.2. The van der Waals surface area contributed by atoms with E-state index in [-0.39, 0.29) is 31.0 Å². The standard InChI is InChI=1S/C26H30N4O4/c1-17-5-8-21(13-18(17)2)30-14-23(19-6-11-22(34-4)12-7-19)27-26(30)28-24(31)15-29(20-9-10-20)25(32)16-33-3/h5-8,11-14,20H,9-10,15-16H2,1-4H3,(H,27,28,31). The van der Waals surface area contributed by atoms with Crippen LogP contribution in [0.3, 0.4) is 0 Å². The van der Waals surface area contributed by atoms with Gasteiger partial charge in [0.1, 0.15) is 18.9 Å². The van der Waals surface area contributed by atoms with Crippen LogP contribution in [0, 0.1) is 13.8 Å². The zero-order valence-corrected chi connectivity index (χ0v) is 20.0.